The molecule has 2 nitrogen and oxygen atoms in total. The first-order chi connectivity index (χ1) is 9.34. The van der Waals surface area contributed by atoms with Crippen molar-refractivity contribution in [3.05, 3.63) is 69.9 Å². The Bertz CT molecular complexity index is 697. The molecule has 0 aliphatic heterocycles. The fraction of sp³-hybridized carbons (Fsp3) is 0.0625. The van der Waals surface area contributed by atoms with Gasteiger partial charge in [-0.2, -0.15) is 0 Å². The molecule has 3 aromatic rings. The monoisotopic (exact) mass is 361 g/mol. The number of hydrogen-bond donors (Lipinski definition) is 0. The molecule has 1 heterocycles. The summed E-state index contributed by atoms with van der Waals surface area (Å²) in [6, 6.07) is 18.2. The number of rotatable bonds is 3. The predicted octanol–water partition coefficient (Wildman–Crippen LogP) is 4.42. The molecule has 94 valence electrons. The average molecular weight is 361 g/mol. The van der Waals surface area contributed by atoms with Gasteiger partial charge in [-0.25, -0.2) is 0 Å². The molecule has 0 fully saturated rings. The van der Waals surface area contributed by atoms with Gasteiger partial charge in [0, 0.05) is 11.6 Å². The summed E-state index contributed by atoms with van der Waals surface area (Å²) in [7, 11) is 0. The lowest BCUT2D eigenvalue weighted by molar-refractivity contribution is 0.304. The third kappa shape index (κ3) is 2.71. The molecule has 0 radical (unpaired) electrons. The second-order valence-corrected chi connectivity index (χ2v) is 5.30. The van der Waals surface area contributed by atoms with Crippen molar-refractivity contribution in [1.29, 1.82) is 0 Å². The number of nitrogens with zero attached hydrogens (tertiary/aromatic N) is 1. The zero-order chi connectivity index (χ0) is 13.1. The molecule has 0 unspecified atom stereocenters. The quantitative estimate of drug-likeness (QED) is 0.645. The number of benzene rings is 2. The van der Waals surface area contributed by atoms with Crippen molar-refractivity contribution >= 4 is 33.5 Å². The van der Waals surface area contributed by atoms with E-state index >= 15 is 0 Å². The average Bonchev–Trinajstić information content (AvgIpc) is 2.48. The summed E-state index contributed by atoms with van der Waals surface area (Å²) in [4.78, 5) is 4.34. The first kappa shape index (κ1) is 12.4. The van der Waals surface area contributed by atoms with E-state index in [0.717, 1.165) is 20.2 Å². The van der Waals surface area contributed by atoms with E-state index in [9.17, 15) is 0 Å². The maximum absolute atomic E-state index is 5.90. The smallest absolute Gasteiger partial charge is 0.133 e. The van der Waals surface area contributed by atoms with E-state index < -0.39 is 0 Å². The van der Waals surface area contributed by atoms with E-state index in [1.54, 1.807) is 0 Å². The van der Waals surface area contributed by atoms with Crippen LogP contribution >= 0.6 is 22.6 Å². The van der Waals surface area contributed by atoms with Gasteiger partial charge >= 0.3 is 0 Å². The largest absolute Gasteiger partial charge is 0.488 e. The lowest BCUT2D eigenvalue weighted by Crippen LogP contribution is -1.97. The van der Waals surface area contributed by atoms with Gasteiger partial charge in [0.2, 0.25) is 0 Å². The summed E-state index contributed by atoms with van der Waals surface area (Å²) in [5.41, 5.74) is 2.17. The Balaban J connectivity index is 1.87. The molecule has 0 atom stereocenters. The van der Waals surface area contributed by atoms with Gasteiger partial charge < -0.3 is 4.74 Å². The highest BCUT2D eigenvalue weighted by atomic mass is 127. The van der Waals surface area contributed by atoms with Crippen LogP contribution in [0.2, 0.25) is 0 Å². The number of aromatic nitrogens is 1. The van der Waals surface area contributed by atoms with Crippen molar-refractivity contribution in [1.82, 2.24) is 4.98 Å². The Morgan fingerprint density at radius 2 is 1.79 bits per heavy atom. The Hall–Kier alpha value is -1.62. The summed E-state index contributed by atoms with van der Waals surface area (Å²) < 4.78 is 7.01. The van der Waals surface area contributed by atoms with Crippen LogP contribution in [-0.4, -0.2) is 4.98 Å². The lowest BCUT2D eigenvalue weighted by Gasteiger charge is -2.10. The molecule has 3 rings (SSSR count). The van der Waals surface area contributed by atoms with Crippen LogP contribution in [0.5, 0.6) is 5.75 Å². The zero-order valence-electron chi connectivity index (χ0n) is 10.2. The van der Waals surface area contributed by atoms with Crippen LogP contribution in [0.25, 0.3) is 10.9 Å². The van der Waals surface area contributed by atoms with Crippen LogP contribution in [0.1, 0.15) is 5.56 Å². The van der Waals surface area contributed by atoms with Crippen LogP contribution in [0, 0.1) is 3.57 Å². The molecule has 0 spiro atoms. The van der Waals surface area contributed by atoms with E-state index in [1.807, 2.05) is 42.6 Å². The second-order valence-electron chi connectivity index (χ2n) is 4.22. The van der Waals surface area contributed by atoms with E-state index in [0.29, 0.717) is 6.61 Å². The molecule has 1 aromatic heterocycles. The van der Waals surface area contributed by atoms with Gasteiger partial charge in [0.25, 0.3) is 0 Å². The topological polar surface area (TPSA) is 22.1 Å². The van der Waals surface area contributed by atoms with Crippen molar-refractivity contribution in [2.24, 2.45) is 0 Å². The first-order valence-electron chi connectivity index (χ1n) is 6.04. The van der Waals surface area contributed by atoms with E-state index in [4.69, 9.17) is 4.74 Å². The first-order valence-corrected chi connectivity index (χ1v) is 7.12. The standard InChI is InChI=1S/C16H12INO/c17-16-13-7-4-10-18-14(13)8-9-15(16)19-11-12-5-2-1-3-6-12/h1-10H,11H2. The second kappa shape index (κ2) is 5.57. The normalized spacial score (nSPS) is 10.6. The molecule has 0 aliphatic carbocycles. The van der Waals surface area contributed by atoms with Gasteiger partial charge in [-0.05, 0) is 46.4 Å². The molecule has 0 saturated heterocycles. The van der Waals surface area contributed by atoms with Crippen LogP contribution < -0.4 is 4.74 Å². The minimum Gasteiger partial charge on any atom is -0.488 e. The van der Waals surface area contributed by atoms with Crippen molar-refractivity contribution in [2.45, 2.75) is 6.61 Å². The summed E-state index contributed by atoms with van der Waals surface area (Å²) in [5.74, 6) is 0.907. The van der Waals surface area contributed by atoms with E-state index in [2.05, 4.69) is 45.8 Å². The van der Waals surface area contributed by atoms with Gasteiger partial charge in [-0.15, -0.1) is 0 Å². The molecule has 19 heavy (non-hydrogen) atoms. The SMILES string of the molecule is Ic1c(OCc2ccccc2)ccc2ncccc12. The van der Waals surface area contributed by atoms with Crippen molar-refractivity contribution < 1.29 is 4.74 Å². The van der Waals surface area contributed by atoms with E-state index in [1.165, 1.54) is 5.56 Å². The van der Waals surface area contributed by atoms with Gasteiger partial charge in [-0.3, -0.25) is 4.98 Å². The van der Waals surface area contributed by atoms with Gasteiger partial charge in [0.1, 0.15) is 12.4 Å². The van der Waals surface area contributed by atoms with Crippen molar-refractivity contribution in [2.75, 3.05) is 0 Å². The Morgan fingerprint density at radius 1 is 0.947 bits per heavy atom. The molecule has 0 amide bonds. The Labute approximate surface area is 125 Å². The third-order valence-electron chi connectivity index (χ3n) is 2.92. The van der Waals surface area contributed by atoms with Gasteiger partial charge in [-0.1, -0.05) is 36.4 Å². The minimum absolute atomic E-state index is 0.586. The highest BCUT2D eigenvalue weighted by Gasteiger charge is 2.06. The van der Waals surface area contributed by atoms with E-state index in [-0.39, 0.29) is 0 Å². The maximum atomic E-state index is 5.90. The number of pyridine rings is 1. The summed E-state index contributed by atoms with van der Waals surface area (Å²) in [5, 5.41) is 1.13. The van der Waals surface area contributed by atoms with Crippen LogP contribution in [0.4, 0.5) is 0 Å². The number of halogens is 1. The van der Waals surface area contributed by atoms with Crippen LogP contribution in [-0.2, 0) is 6.61 Å². The minimum atomic E-state index is 0.586. The lowest BCUT2D eigenvalue weighted by atomic mass is 10.2. The molecule has 0 bridgehead atoms. The Morgan fingerprint density at radius 3 is 2.63 bits per heavy atom. The third-order valence-corrected chi connectivity index (χ3v) is 4.03. The fourth-order valence-electron chi connectivity index (χ4n) is 1.94. The highest BCUT2D eigenvalue weighted by Crippen LogP contribution is 2.28. The highest BCUT2D eigenvalue weighted by molar-refractivity contribution is 14.1. The molecule has 0 N–H and O–H groups in total. The van der Waals surface area contributed by atoms with Crippen molar-refractivity contribution in [3.63, 3.8) is 0 Å². The summed E-state index contributed by atoms with van der Waals surface area (Å²) >= 11 is 2.32. The van der Waals surface area contributed by atoms with Crippen LogP contribution in [0.15, 0.2) is 60.8 Å². The number of hydrogen-bond acceptors (Lipinski definition) is 2. The predicted molar refractivity (Wildman–Crippen MR) is 85.2 cm³/mol. The number of ether oxygens (including phenoxy) is 1. The van der Waals surface area contributed by atoms with Crippen LogP contribution in [0.3, 0.4) is 0 Å². The van der Waals surface area contributed by atoms with Gasteiger partial charge in [0.15, 0.2) is 0 Å². The molecular formula is C16H12INO. The maximum Gasteiger partial charge on any atom is 0.133 e. The van der Waals surface area contributed by atoms with Gasteiger partial charge in [0.05, 0.1) is 9.09 Å². The molecule has 3 heteroatoms. The number of fused-ring (bicyclic) bond motifs is 1. The molecule has 2 aromatic carbocycles. The summed E-state index contributed by atoms with van der Waals surface area (Å²) in [6.45, 7) is 0.586. The summed E-state index contributed by atoms with van der Waals surface area (Å²) in [6.07, 6.45) is 1.81. The zero-order valence-corrected chi connectivity index (χ0v) is 12.4. The molecular weight excluding hydrogens is 349 g/mol. The Kier molecular flexibility index (Phi) is 3.64. The molecule has 0 aliphatic rings. The molecule has 0 saturated carbocycles. The fourth-order valence-corrected chi connectivity index (χ4v) is 2.73. The van der Waals surface area contributed by atoms with Crippen molar-refractivity contribution in [3.8, 4) is 5.75 Å².